The van der Waals surface area contributed by atoms with Crippen LogP contribution in [-0.2, 0) is 6.54 Å². The Morgan fingerprint density at radius 1 is 1.47 bits per heavy atom. The molecule has 0 spiro atoms. The van der Waals surface area contributed by atoms with Gasteiger partial charge in [0.25, 0.3) is 0 Å². The van der Waals surface area contributed by atoms with Crippen molar-refractivity contribution >= 4 is 11.6 Å². The third-order valence-corrected chi connectivity index (χ3v) is 3.41. The third kappa shape index (κ3) is 4.30. The molecule has 1 heterocycles. The molecule has 2 N–H and O–H groups in total. The van der Waals surface area contributed by atoms with Crippen molar-refractivity contribution in [3.8, 4) is 5.75 Å². The Balaban J connectivity index is 2.10. The molecule has 1 aromatic carbocycles. The van der Waals surface area contributed by atoms with E-state index in [0.717, 1.165) is 25.9 Å². The highest BCUT2D eigenvalue weighted by atomic mass is 35.5. The summed E-state index contributed by atoms with van der Waals surface area (Å²) in [5, 5.41) is 0.512. The Kier molecular flexibility index (Phi) is 4.96. The van der Waals surface area contributed by atoms with Crippen molar-refractivity contribution in [1.82, 2.24) is 4.90 Å². The maximum atomic E-state index is 12.4. The van der Waals surface area contributed by atoms with Gasteiger partial charge in [0.05, 0.1) is 0 Å². The Morgan fingerprint density at radius 2 is 2.26 bits per heavy atom. The molecular formula is C13H17ClF2N2O. The minimum absolute atomic E-state index is 0.146. The van der Waals surface area contributed by atoms with Crippen LogP contribution in [0.5, 0.6) is 5.75 Å². The molecule has 19 heavy (non-hydrogen) atoms. The fraction of sp³-hybridized carbons (Fsp3) is 0.538. The molecule has 1 atom stereocenters. The van der Waals surface area contributed by atoms with Gasteiger partial charge in [-0.15, -0.1) is 0 Å². The van der Waals surface area contributed by atoms with Gasteiger partial charge in [0.1, 0.15) is 5.75 Å². The summed E-state index contributed by atoms with van der Waals surface area (Å²) in [5.41, 5.74) is 6.58. The number of piperidine rings is 1. The Hall–Kier alpha value is -0.910. The number of nitrogens with zero attached hydrogens (tertiary/aromatic N) is 1. The number of likely N-dealkylation sites (tertiary alicyclic amines) is 1. The first-order valence-corrected chi connectivity index (χ1v) is 6.63. The van der Waals surface area contributed by atoms with Crippen LogP contribution in [0.15, 0.2) is 18.2 Å². The Morgan fingerprint density at radius 3 is 2.95 bits per heavy atom. The number of halogens is 3. The van der Waals surface area contributed by atoms with E-state index in [4.69, 9.17) is 17.3 Å². The maximum Gasteiger partial charge on any atom is 0.387 e. The van der Waals surface area contributed by atoms with E-state index in [-0.39, 0.29) is 11.8 Å². The zero-order valence-corrected chi connectivity index (χ0v) is 11.2. The molecule has 2 rings (SSSR count). The topological polar surface area (TPSA) is 38.5 Å². The van der Waals surface area contributed by atoms with Crippen molar-refractivity contribution in [1.29, 1.82) is 0 Å². The van der Waals surface area contributed by atoms with Crippen LogP contribution >= 0.6 is 11.6 Å². The second kappa shape index (κ2) is 6.50. The lowest BCUT2D eigenvalue weighted by Crippen LogP contribution is -2.42. The van der Waals surface area contributed by atoms with E-state index in [9.17, 15) is 8.78 Å². The SMILES string of the molecule is NC1CCCN(Cc2cc(Cl)ccc2OC(F)F)C1. The number of nitrogens with two attached hydrogens (primary N) is 1. The molecule has 0 aromatic heterocycles. The van der Waals surface area contributed by atoms with Crippen LogP contribution in [0.25, 0.3) is 0 Å². The van der Waals surface area contributed by atoms with Gasteiger partial charge < -0.3 is 10.5 Å². The van der Waals surface area contributed by atoms with Gasteiger partial charge in [0.15, 0.2) is 0 Å². The predicted octanol–water partition coefficient (Wildman–Crippen LogP) is 2.86. The molecule has 1 aliphatic rings. The van der Waals surface area contributed by atoms with Crippen LogP contribution in [0.3, 0.4) is 0 Å². The zero-order valence-electron chi connectivity index (χ0n) is 10.5. The van der Waals surface area contributed by atoms with Gasteiger partial charge in [0, 0.05) is 29.7 Å². The smallest absolute Gasteiger partial charge is 0.387 e. The standard InChI is InChI=1S/C13H17ClF2N2O/c14-10-3-4-12(19-13(15)16)9(6-10)7-18-5-1-2-11(17)8-18/h3-4,6,11,13H,1-2,5,7-8,17H2. The van der Waals surface area contributed by atoms with Crippen LogP contribution in [-0.4, -0.2) is 30.6 Å². The number of rotatable bonds is 4. The van der Waals surface area contributed by atoms with Crippen LogP contribution in [0.4, 0.5) is 8.78 Å². The highest BCUT2D eigenvalue weighted by Gasteiger charge is 2.19. The summed E-state index contributed by atoms with van der Waals surface area (Å²) in [6.07, 6.45) is 2.03. The summed E-state index contributed by atoms with van der Waals surface area (Å²) in [6, 6.07) is 4.84. The van der Waals surface area contributed by atoms with E-state index in [2.05, 4.69) is 9.64 Å². The average molecular weight is 291 g/mol. The van der Waals surface area contributed by atoms with Crippen molar-refractivity contribution in [2.24, 2.45) is 5.73 Å². The minimum atomic E-state index is -2.83. The first-order chi connectivity index (χ1) is 9.04. The van der Waals surface area contributed by atoms with E-state index in [1.165, 1.54) is 6.07 Å². The summed E-state index contributed by atoms with van der Waals surface area (Å²) in [7, 11) is 0. The molecule has 0 aliphatic carbocycles. The summed E-state index contributed by atoms with van der Waals surface area (Å²) in [6.45, 7) is -0.630. The van der Waals surface area contributed by atoms with E-state index < -0.39 is 6.61 Å². The molecule has 0 amide bonds. The van der Waals surface area contributed by atoms with Crippen molar-refractivity contribution < 1.29 is 13.5 Å². The lowest BCUT2D eigenvalue weighted by Gasteiger charge is -2.31. The first kappa shape index (κ1) is 14.5. The zero-order chi connectivity index (χ0) is 13.8. The van der Waals surface area contributed by atoms with Crippen LogP contribution < -0.4 is 10.5 Å². The molecule has 3 nitrogen and oxygen atoms in total. The van der Waals surface area contributed by atoms with Crippen molar-refractivity contribution in [3.05, 3.63) is 28.8 Å². The molecule has 1 aliphatic heterocycles. The molecule has 0 saturated carbocycles. The van der Waals surface area contributed by atoms with E-state index >= 15 is 0 Å². The van der Waals surface area contributed by atoms with Gasteiger partial charge in [-0.3, -0.25) is 4.90 Å². The monoisotopic (exact) mass is 290 g/mol. The molecule has 1 aromatic rings. The van der Waals surface area contributed by atoms with E-state index in [0.29, 0.717) is 17.1 Å². The summed E-state index contributed by atoms with van der Waals surface area (Å²) in [5.74, 6) is 0.179. The second-order valence-corrected chi connectivity index (χ2v) is 5.20. The molecule has 6 heteroatoms. The van der Waals surface area contributed by atoms with Gasteiger partial charge in [-0.1, -0.05) is 11.6 Å². The predicted molar refractivity (Wildman–Crippen MR) is 70.6 cm³/mol. The first-order valence-electron chi connectivity index (χ1n) is 6.26. The highest BCUT2D eigenvalue weighted by Crippen LogP contribution is 2.26. The van der Waals surface area contributed by atoms with Crippen molar-refractivity contribution in [3.63, 3.8) is 0 Å². The molecule has 0 bridgehead atoms. The van der Waals surface area contributed by atoms with Gasteiger partial charge in [0.2, 0.25) is 0 Å². The normalized spacial score (nSPS) is 20.8. The van der Waals surface area contributed by atoms with E-state index in [1.54, 1.807) is 12.1 Å². The maximum absolute atomic E-state index is 12.4. The van der Waals surface area contributed by atoms with Gasteiger partial charge in [-0.25, -0.2) is 0 Å². The van der Waals surface area contributed by atoms with Gasteiger partial charge in [-0.2, -0.15) is 8.78 Å². The number of hydrogen-bond acceptors (Lipinski definition) is 3. The quantitative estimate of drug-likeness (QED) is 0.927. The third-order valence-electron chi connectivity index (χ3n) is 3.17. The Labute approximate surface area is 116 Å². The van der Waals surface area contributed by atoms with Crippen LogP contribution in [0.1, 0.15) is 18.4 Å². The number of alkyl halides is 2. The highest BCUT2D eigenvalue weighted by molar-refractivity contribution is 6.30. The average Bonchev–Trinajstić information content (AvgIpc) is 2.32. The second-order valence-electron chi connectivity index (χ2n) is 4.77. The fourth-order valence-corrected chi connectivity index (χ4v) is 2.55. The molecular weight excluding hydrogens is 274 g/mol. The van der Waals surface area contributed by atoms with Gasteiger partial charge in [-0.05, 0) is 37.6 Å². The molecule has 106 valence electrons. The summed E-state index contributed by atoms with van der Waals surface area (Å²) < 4.78 is 29.2. The number of ether oxygens (including phenoxy) is 1. The van der Waals surface area contributed by atoms with E-state index in [1.807, 2.05) is 0 Å². The van der Waals surface area contributed by atoms with Crippen molar-refractivity contribution in [2.45, 2.75) is 32.0 Å². The minimum Gasteiger partial charge on any atom is -0.434 e. The van der Waals surface area contributed by atoms with Crippen LogP contribution in [0.2, 0.25) is 5.02 Å². The fourth-order valence-electron chi connectivity index (χ4n) is 2.36. The molecule has 1 fully saturated rings. The number of hydrogen-bond donors (Lipinski definition) is 1. The lowest BCUT2D eigenvalue weighted by atomic mass is 10.1. The Bertz CT molecular complexity index is 431. The van der Waals surface area contributed by atoms with Crippen molar-refractivity contribution in [2.75, 3.05) is 13.1 Å². The molecule has 1 unspecified atom stereocenters. The number of benzene rings is 1. The largest absolute Gasteiger partial charge is 0.434 e. The molecule has 1 saturated heterocycles. The molecule has 0 radical (unpaired) electrons. The lowest BCUT2D eigenvalue weighted by molar-refractivity contribution is -0.0508. The van der Waals surface area contributed by atoms with Crippen LogP contribution in [0, 0.1) is 0 Å². The van der Waals surface area contributed by atoms with Gasteiger partial charge >= 0.3 is 6.61 Å². The summed E-state index contributed by atoms with van der Waals surface area (Å²) >= 11 is 5.91. The summed E-state index contributed by atoms with van der Waals surface area (Å²) in [4.78, 5) is 2.14.